The minimum Gasteiger partial charge on any atom is -0.300 e. The van der Waals surface area contributed by atoms with E-state index in [1.807, 2.05) is 30.3 Å². The smallest absolute Gasteiger partial charge is 0.233 e. The van der Waals surface area contributed by atoms with E-state index in [1.54, 1.807) is 12.3 Å². The van der Waals surface area contributed by atoms with Crippen molar-refractivity contribution in [1.82, 2.24) is 14.8 Å². The van der Waals surface area contributed by atoms with E-state index >= 15 is 0 Å². The van der Waals surface area contributed by atoms with Crippen molar-refractivity contribution < 1.29 is 8.42 Å². The molecule has 152 valence electrons. The number of hydrogen-bond acceptors (Lipinski definition) is 5. The number of aromatic nitrogens is 1. The van der Waals surface area contributed by atoms with Crippen molar-refractivity contribution in [1.29, 1.82) is 0 Å². The lowest BCUT2D eigenvalue weighted by atomic mass is 10.2. The Kier molecular flexibility index (Phi) is 6.08. The van der Waals surface area contributed by atoms with Crippen molar-refractivity contribution in [2.45, 2.75) is 6.54 Å². The molecule has 0 amide bonds. The van der Waals surface area contributed by atoms with E-state index in [0.29, 0.717) is 12.2 Å². The summed E-state index contributed by atoms with van der Waals surface area (Å²) in [5, 5.41) is 0.919. The molecule has 0 spiro atoms. The van der Waals surface area contributed by atoms with E-state index in [9.17, 15) is 8.42 Å². The van der Waals surface area contributed by atoms with Gasteiger partial charge in [-0.15, -0.1) is 0 Å². The van der Waals surface area contributed by atoms with Gasteiger partial charge in [0.2, 0.25) is 10.0 Å². The summed E-state index contributed by atoms with van der Waals surface area (Å²) >= 11 is 0. The van der Waals surface area contributed by atoms with Crippen LogP contribution in [-0.2, 0) is 16.6 Å². The van der Waals surface area contributed by atoms with Gasteiger partial charge in [-0.3, -0.25) is 19.5 Å². The molecule has 2 heterocycles. The molecule has 1 saturated heterocycles. The van der Waals surface area contributed by atoms with E-state index in [4.69, 9.17) is 0 Å². The molecule has 0 saturated carbocycles. The van der Waals surface area contributed by atoms with Crippen LogP contribution in [0.15, 0.2) is 66.9 Å². The number of benzene rings is 2. The van der Waals surface area contributed by atoms with E-state index in [0.717, 1.165) is 43.6 Å². The lowest BCUT2D eigenvalue weighted by Crippen LogP contribution is -2.47. The van der Waals surface area contributed by atoms with Gasteiger partial charge >= 0.3 is 0 Å². The predicted octanol–water partition coefficient (Wildman–Crippen LogP) is 2.79. The summed E-state index contributed by atoms with van der Waals surface area (Å²) in [6, 6.07) is 19.6. The zero-order chi connectivity index (χ0) is 20.1. The molecule has 1 aliphatic heterocycles. The van der Waals surface area contributed by atoms with Gasteiger partial charge in [0.15, 0.2) is 0 Å². The summed E-state index contributed by atoms with van der Waals surface area (Å²) in [7, 11) is -3.39. The molecule has 1 aliphatic rings. The second-order valence-electron chi connectivity index (χ2n) is 7.44. The number of piperazine rings is 1. The molecule has 3 aromatic rings. The fraction of sp³-hybridized carbons (Fsp3) is 0.318. The van der Waals surface area contributed by atoms with Crippen molar-refractivity contribution in [3.63, 3.8) is 0 Å². The van der Waals surface area contributed by atoms with Gasteiger partial charge in [-0.25, -0.2) is 8.42 Å². The maximum Gasteiger partial charge on any atom is 0.233 e. The fourth-order valence-electron chi connectivity index (χ4n) is 3.63. The molecule has 1 fully saturated rings. The standard InChI is InChI=1S/C22H26N4O2S/c27-29(28,24-21-8-9-22-20(17-21)7-4-10-23-22)16-15-25-11-13-26(14-12-25)18-19-5-2-1-3-6-19/h1-10,17,24H,11-16,18H2. The van der Waals surface area contributed by atoms with Gasteiger partial charge in [-0.1, -0.05) is 36.4 Å². The second kappa shape index (κ2) is 8.90. The molecule has 0 atom stereocenters. The molecule has 4 rings (SSSR count). The van der Waals surface area contributed by atoms with Crippen LogP contribution >= 0.6 is 0 Å². The predicted molar refractivity (Wildman–Crippen MR) is 117 cm³/mol. The third kappa shape index (κ3) is 5.53. The van der Waals surface area contributed by atoms with Crippen LogP contribution in [0.3, 0.4) is 0 Å². The zero-order valence-corrected chi connectivity index (χ0v) is 17.2. The Bertz CT molecular complexity index is 1050. The maximum absolute atomic E-state index is 12.5. The highest BCUT2D eigenvalue weighted by atomic mass is 32.2. The van der Waals surface area contributed by atoms with E-state index < -0.39 is 10.0 Å². The lowest BCUT2D eigenvalue weighted by Gasteiger charge is -2.34. The topological polar surface area (TPSA) is 65.5 Å². The molecular formula is C22H26N4O2S. The molecule has 0 radical (unpaired) electrons. The molecule has 6 nitrogen and oxygen atoms in total. The number of anilines is 1. The highest BCUT2D eigenvalue weighted by molar-refractivity contribution is 7.92. The Balaban J connectivity index is 1.26. The van der Waals surface area contributed by atoms with Crippen LogP contribution in [-0.4, -0.2) is 61.7 Å². The first-order valence-electron chi connectivity index (χ1n) is 9.91. The van der Waals surface area contributed by atoms with Crippen LogP contribution in [0, 0.1) is 0 Å². The summed E-state index contributed by atoms with van der Waals surface area (Å²) in [4.78, 5) is 8.91. The van der Waals surface area contributed by atoms with Gasteiger partial charge in [0.05, 0.1) is 11.3 Å². The van der Waals surface area contributed by atoms with Crippen LogP contribution in [0.2, 0.25) is 0 Å². The fourth-order valence-corrected chi connectivity index (χ4v) is 4.72. The largest absolute Gasteiger partial charge is 0.300 e. The molecular weight excluding hydrogens is 384 g/mol. The molecule has 0 unspecified atom stereocenters. The van der Waals surface area contributed by atoms with E-state index in [1.165, 1.54) is 5.56 Å². The Morgan fingerprint density at radius 1 is 0.897 bits per heavy atom. The molecule has 2 aromatic carbocycles. The number of nitrogens with one attached hydrogen (secondary N) is 1. The molecule has 0 aliphatic carbocycles. The third-order valence-corrected chi connectivity index (χ3v) is 6.53. The summed E-state index contributed by atoms with van der Waals surface area (Å²) in [5.74, 6) is 0.0940. The Morgan fingerprint density at radius 3 is 2.45 bits per heavy atom. The Hall–Kier alpha value is -2.48. The molecule has 1 N–H and O–H groups in total. The van der Waals surface area contributed by atoms with Gasteiger partial charge in [-0.2, -0.15) is 0 Å². The van der Waals surface area contributed by atoms with Crippen LogP contribution in [0.25, 0.3) is 10.9 Å². The van der Waals surface area contributed by atoms with Crippen molar-refractivity contribution in [3.8, 4) is 0 Å². The SMILES string of the molecule is O=S(=O)(CCN1CCN(Cc2ccccc2)CC1)Nc1ccc2ncccc2c1. The van der Waals surface area contributed by atoms with E-state index in [2.05, 4.69) is 43.8 Å². The summed E-state index contributed by atoms with van der Waals surface area (Å²) in [5.41, 5.74) is 2.75. The van der Waals surface area contributed by atoms with Gasteiger partial charge < -0.3 is 0 Å². The van der Waals surface area contributed by atoms with Crippen molar-refractivity contribution in [2.24, 2.45) is 0 Å². The van der Waals surface area contributed by atoms with Crippen LogP contribution in [0.4, 0.5) is 5.69 Å². The number of sulfonamides is 1. The van der Waals surface area contributed by atoms with Crippen LogP contribution in [0.5, 0.6) is 0 Å². The van der Waals surface area contributed by atoms with Gasteiger partial charge in [0.25, 0.3) is 0 Å². The number of fused-ring (bicyclic) bond motifs is 1. The maximum atomic E-state index is 12.5. The highest BCUT2D eigenvalue weighted by Gasteiger charge is 2.19. The molecule has 7 heteroatoms. The molecule has 29 heavy (non-hydrogen) atoms. The van der Waals surface area contributed by atoms with Crippen molar-refractivity contribution >= 4 is 26.6 Å². The quantitative estimate of drug-likeness (QED) is 0.649. The minimum atomic E-state index is -3.39. The van der Waals surface area contributed by atoms with Crippen LogP contribution in [0.1, 0.15) is 5.56 Å². The highest BCUT2D eigenvalue weighted by Crippen LogP contribution is 2.18. The lowest BCUT2D eigenvalue weighted by molar-refractivity contribution is 0.132. The first-order chi connectivity index (χ1) is 14.1. The average molecular weight is 411 g/mol. The number of nitrogens with zero attached hydrogens (tertiary/aromatic N) is 3. The summed E-state index contributed by atoms with van der Waals surface area (Å²) in [6.07, 6.45) is 1.73. The van der Waals surface area contributed by atoms with Crippen LogP contribution < -0.4 is 4.72 Å². The summed E-state index contributed by atoms with van der Waals surface area (Å²) < 4.78 is 27.7. The normalized spacial score (nSPS) is 16.1. The zero-order valence-electron chi connectivity index (χ0n) is 16.4. The van der Waals surface area contributed by atoms with E-state index in [-0.39, 0.29) is 5.75 Å². The number of pyridine rings is 1. The number of rotatable bonds is 7. The molecule has 1 aromatic heterocycles. The summed E-state index contributed by atoms with van der Waals surface area (Å²) in [6.45, 7) is 5.20. The number of hydrogen-bond donors (Lipinski definition) is 1. The van der Waals surface area contributed by atoms with Gasteiger partial charge in [0.1, 0.15) is 0 Å². The minimum absolute atomic E-state index is 0.0940. The second-order valence-corrected chi connectivity index (χ2v) is 9.28. The first kappa shape index (κ1) is 19.8. The average Bonchev–Trinajstić information content (AvgIpc) is 2.74. The molecule has 0 bridgehead atoms. The third-order valence-electron chi connectivity index (χ3n) is 5.27. The Labute approximate surface area is 172 Å². The van der Waals surface area contributed by atoms with Gasteiger partial charge in [0, 0.05) is 56.5 Å². The first-order valence-corrected chi connectivity index (χ1v) is 11.6. The van der Waals surface area contributed by atoms with Crippen molar-refractivity contribution in [2.75, 3.05) is 43.2 Å². The Morgan fingerprint density at radius 2 is 1.66 bits per heavy atom. The monoisotopic (exact) mass is 410 g/mol. The van der Waals surface area contributed by atoms with Gasteiger partial charge in [-0.05, 0) is 29.8 Å². The van der Waals surface area contributed by atoms with Crippen molar-refractivity contribution in [3.05, 3.63) is 72.4 Å².